The van der Waals surface area contributed by atoms with Gasteiger partial charge in [0.2, 0.25) is 0 Å². The van der Waals surface area contributed by atoms with Crippen LogP contribution in [0.25, 0.3) is 61.7 Å². The van der Waals surface area contributed by atoms with E-state index in [1.54, 1.807) is 24.9 Å². The summed E-state index contributed by atoms with van der Waals surface area (Å²) in [6.07, 6.45) is 18.5. The standard InChI is InChI=1S/C26H25N5O.C23H23N5O2.C20H19N5O2/c1-2-30(16-17-32)21-12-10-20(11-13-21)28-25-26-27-14-15-31(26)18-24(29-25)23-9-5-7-19-6-3-4-8-22(19)23;29-16-17-3-1-2-4-20(17)21-15-28-10-9-24-23(28)22(26-21)25-18-5-7-19(8-6-18)27-11-13-30-14-12-27;1-2-18(27-11-1)17-14-25-8-7-21-20(25)19(23-17)22-15-3-5-16(6-4-15)24-9-12-26-13-10-24/h3-15,18,32H,2,16-17H2,1H3,(H,28,29);1-10,15,29H,11-14,16H2,(H,25,26);1-8,11,14H,9-10,12-13H2,(H,22,23). The minimum absolute atomic E-state index is 0.0361. The van der Waals surface area contributed by atoms with Crippen molar-refractivity contribution in [2.45, 2.75) is 13.5 Å². The Hall–Kier alpha value is -10.6. The van der Waals surface area contributed by atoms with Crippen molar-refractivity contribution in [3.05, 3.63) is 219 Å². The van der Waals surface area contributed by atoms with Crippen LogP contribution in [0.15, 0.2) is 218 Å². The molecule has 2 aliphatic heterocycles. The molecular weight excluding hydrogens is 1120 g/mol. The van der Waals surface area contributed by atoms with Gasteiger partial charge in [-0.05, 0) is 108 Å². The van der Waals surface area contributed by atoms with Crippen LogP contribution in [-0.2, 0) is 16.1 Å². The Balaban J connectivity index is 0.000000123. The minimum Gasteiger partial charge on any atom is -0.463 e. The molecule has 9 heterocycles. The highest BCUT2D eigenvalue weighted by Crippen LogP contribution is 2.33. The Bertz CT molecular complexity index is 4440. The number of hydrogen-bond acceptors (Lipinski definition) is 17. The first-order chi connectivity index (χ1) is 43.9. The maximum absolute atomic E-state index is 9.72. The van der Waals surface area contributed by atoms with Crippen molar-refractivity contribution in [2.75, 3.05) is 103 Å². The highest BCUT2D eigenvalue weighted by Gasteiger charge is 2.18. The van der Waals surface area contributed by atoms with Crippen LogP contribution in [-0.4, -0.2) is 126 Å². The number of likely N-dealkylation sites (N-methyl/N-ethyl adjacent to an activating group) is 1. The lowest BCUT2D eigenvalue weighted by Crippen LogP contribution is -2.36. The van der Waals surface area contributed by atoms with Crippen molar-refractivity contribution in [1.29, 1.82) is 0 Å². The number of fused-ring (bicyclic) bond motifs is 4. The van der Waals surface area contributed by atoms with Crippen LogP contribution in [0.2, 0.25) is 0 Å². The number of furan rings is 1. The Morgan fingerprint density at radius 1 is 0.494 bits per heavy atom. The first-order valence-electron chi connectivity index (χ1n) is 29.8. The van der Waals surface area contributed by atoms with Gasteiger partial charge in [0.1, 0.15) is 5.69 Å². The summed E-state index contributed by atoms with van der Waals surface area (Å²) in [6.45, 7) is 10.4. The summed E-state index contributed by atoms with van der Waals surface area (Å²) in [7, 11) is 0. The zero-order chi connectivity index (χ0) is 60.3. The number of ether oxygens (including phenoxy) is 2. The quantitative estimate of drug-likeness (QED) is 0.0609. The molecule has 5 N–H and O–H groups in total. The second kappa shape index (κ2) is 27.0. The van der Waals surface area contributed by atoms with E-state index in [4.69, 9.17) is 28.8 Å². The van der Waals surface area contributed by atoms with Crippen LogP contribution in [0.1, 0.15) is 12.5 Å². The summed E-state index contributed by atoms with van der Waals surface area (Å²) in [5, 5.41) is 31.6. The number of aliphatic hydroxyl groups is 2. The van der Waals surface area contributed by atoms with Gasteiger partial charge in [-0.1, -0.05) is 66.7 Å². The van der Waals surface area contributed by atoms with Crippen molar-refractivity contribution in [3.63, 3.8) is 0 Å². The zero-order valence-corrected chi connectivity index (χ0v) is 49.2. The van der Waals surface area contributed by atoms with Crippen LogP contribution in [0.5, 0.6) is 0 Å². The van der Waals surface area contributed by atoms with Crippen LogP contribution in [0.4, 0.5) is 51.6 Å². The highest BCUT2D eigenvalue weighted by atomic mass is 16.5. The molecule has 2 saturated heterocycles. The van der Waals surface area contributed by atoms with Crippen LogP contribution >= 0.6 is 0 Å². The van der Waals surface area contributed by atoms with E-state index in [-0.39, 0.29) is 13.2 Å². The number of rotatable bonds is 16. The van der Waals surface area contributed by atoms with Crippen molar-refractivity contribution >= 4 is 79.3 Å². The van der Waals surface area contributed by atoms with Gasteiger partial charge in [0, 0.05) is 140 Å². The maximum atomic E-state index is 9.72. The molecule has 0 saturated carbocycles. The summed E-state index contributed by atoms with van der Waals surface area (Å²) in [5.41, 5.74) is 13.8. The number of hydrogen-bond donors (Lipinski definition) is 5. The van der Waals surface area contributed by atoms with Crippen LogP contribution in [0, 0.1) is 0 Å². The number of nitrogens with one attached hydrogen (secondary N) is 3. The van der Waals surface area contributed by atoms with E-state index in [0.29, 0.717) is 24.0 Å². The first kappa shape index (κ1) is 57.4. The number of nitrogens with zero attached hydrogens (tertiary/aromatic N) is 12. The van der Waals surface area contributed by atoms with Gasteiger partial charge in [0.05, 0.1) is 57.3 Å². The average Bonchev–Trinajstić information content (AvgIpc) is 2.18. The van der Waals surface area contributed by atoms with E-state index in [1.807, 2.05) is 98.9 Å². The summed E-state index contributed by atoms with van der Waals surface area (Å²) in [4.78, 5) is 34.6. The fraction of sp³-hybridized carbons (Fsp3) is 0.188. The molecule has 0 unspecified atom stereocenters. The molecule has 0 aliphatic carbocycles. The van der Waals surface area contributed by atoms with Gasteiger partial charge in [-0.25, -0.2) is 29.9 Å². The van der Waals surface area contributed by atoms with Crippen molar-refractivity contribution in [2.24, 2.45) is 0 Å². The lowest BCUT2D eigenvalue weighted by Gasteiger charge is -2.28. The van der Waals surface area contributed by atoms with E-state index in [9.17, 15) is 10.2 Å². The van der Waals surface area contributed by atoms with Gasteiger partial charge in [0.15, 0.2) is 40.2 Å². The van der Waals surface area contributed by atoms with E-state index < -0.39 is 0 Å². The maximum Gasteiger partial charge on any atom is 0.180 e. The lowest BCUT2D eigenvalue weighted by atomic mass is 10.0. The average molecular weight is 1190 g/mol. The van der Waals surface area contributed by atoms with Crippen molar-refractivity contribution < 1.29 is 24.1 Å². The Morgan fingerprint density at radius 2 is 0.966 bits per heavy atom. The second-order valence-corrected chi connectivity index (χ2v) is 21.2. The summed E-state index contributed by atoms with van der Waals surface area (Å²) in [6, 6.07) is 51.0. The third-order valence-corrected chi connectivity index (χ3v) is 15.7. The Labute approximate surface area is 514 Å². The third kappa shape index (κ3) is 13.1. The molecule has 448 valence electrons. The molecule has 0 atom stereocenters. The molecule has 2 fully saturated rings. The van der Waals surface area contributed by atoms with Crippen molar-refractivity contribution in [1.82, 2.24) is 43.1 Å². The van der Waals surface area contributed by atoms with Gasteiger partial charge in [-0.2, -0.15) is 0 Å². The molecule has 89 heavy (non-hydrogen) atoms. The third-order valence-electron chi connectivity index (χ3n) is 15.7. The molecule has 6 aromatic carbocycles. The molecule has 20 nitrogen and oxygen atoms in total. The molecule has 0 radical (unpaired) electrons. The van der Waals surface area contributed by atoms with Gasteiger partial charge in [0.25, 0.3) is 0 Å². The largest absolute Gasteiger partial charge is 0.463 e. The molecule has 0 bridgehead atoms. The molecule has 7 aromatic heterocycles. The topological polar surface area (TPSA) is 208 Å². The first-order valence-corrected chi connectivity index (χ1v) is 29.8. The predicted octanol–water partition coefficient (Wildman–Crippen LogP) is 12.1. The zero-order valence-electron chi connectivity index (χ0n) is 49.2. The number of aromatic nitrogens is 9. The fourth-order valence-electron chi connectivity index (χ4n) is 11.1. The Morgan fingerprint density at radius 3 is 1.48 bits per heavy atom. The van der Waals surface area contributed by atoms with E-state index >= 15 is 0 Å². The van der Waals surface area contributed by atoms with Gasteiger partial charge in [-0.3, -0.25) is 0 Å². The molecular formula is C69H67N15O5. The second-order valence-electron chi connectivity index (χ2n) is 21.2. The van der Waals surface area contributed by atoms with E-state index in [0.717, 1.165) is 138 Å². The van der Waals surface area contributed by atoms with Crippen LogP contribution < -0.4 is 30.7 Å². The number of imidazole rings is 3. The number of benzene rings is 6. The molecule has 20 heteroatoms. The minimum atomic E-state index is -0.0361. The molecule has 0 amide bonds. The highest BCUT2D eigenvalue weighted by molar-refractivity contribution is 5.96. The van der Waals surface area contributed by atoms with Gasteiger partial charge < -0.3 is 68.0 Å². The number of anilines is 9. The number of aliphatic hydroxyl groups excluding tert-OH is 2. The van der Waals surface area contributed by atoms with Gasteiger partial charge >= 0.3 is 0 Å². The summed E-state index contributed by atoms with van der Waals surface area (Å²) >= 11 is 0. The van der Waals surface area contributed by atoms with Crippen molar-refractivity contribution in [3.8, 4) is 34.0 Å². The smallest absolute Gasteiger partial charge is 0.180 e. The fourth-order valence-corrected chi connectivity index (χ4v) is 11.1. The lowest BCUT2D eigenvalue weighted by molar-refractivity contribution is 0.122. The molecule has 2 aliphatic rings. The van der Waals surface area contributed by atoms with Gasteiger partial charge in [-0.15, -0.1) is 0 Å². The monoisotopic (exact) mass is 1190 g/mol. The van der Waals surface area contributed by atoms with Crippen LogP contribution in [0.3, 0.4) is 0 Å². The van der Waals surface area contributed by atoms with E-state index in [2.05, 4.69) is 156 Å². The Kier molecular flexibility index (Phi) is 17.4. The number of morpholine rings is 2. The SMILES string of the molecule is CCN(CCO)c1ccc(Nc2nc(-c3cccc4ccccc34)cn3ccnc23)cc1.OCc1ccccc1-c1cn2ccnc2c(Nc2ccc(N3CCOCC3)cc2)n1.c1coc(-c2cn3ccnc3c(Nc3ccc(N4CCOCC4)cc3)n2)c1. The summed E-state index contributed by atoms with van der Waals surface area (Å²) < 4.78 is 22.2. The molecule has 13 aromatic rings. The van der Waals surface area contributed by atoms with E-state index in [1.165, 1.54) is 22.1 Å². The normalized spacial score (nSPS) is 13.2. The summed E-state index contributed by atoms with van der Waals surface area (Å²) in [5.74, 6) is 2.78. The molecule has 15 rings (SSSR count). The molecule has 0 spiro atoms. The predicted molar refractivity (Wildman–Crippen MR) is 351 cm³/mol.